The van der Waals surface area contributed by atoms with E-state index in [1.54, 1.807) is 6.07 Å². The molecule has 1 heterocycles. The van der Waals surface area contributed by atoms with E-state index in [4.69, 9.17) is 0 Å². The van der Waals surface area contributed by atoms with Gasteiger partial charge in [0.2, 0.25) is 5.91 Å². The third-order valence-electron chi connectivity index (χ3n) is 6.19. The van der Waals surface area contributed by atoms with Crippen molar-refractivity contribution in [2.24, 2.45) is 11.8 Å². The summed E-state index contributed by atoms with van der Waals surface area (Å²) in [6.07, 6.45) is 4.52. The molecule has 0 bridgehead atoms. The molecule has 1 aliphatic heterocycles. The Morgan fingerprint density at radius 2 is 2.08 bits per heavy atom. The molecule has 4 heteroatoms. The fourth-order valence-electron chi connectivity index (χ4n) is 4.15. The summed E-state index contributed by atoms with van der Waals surface area (Å²) in [6.45, 7) is 8.18. The van der Waals surface area contributed by atoms with E-state index in [0.29, 0.717) is 23.6 Å². The van der Waals surface area contributed by atoms with Gasteiger partial charge in [-0.25, -0.2) is 0 Å². The highest BCUT2D eigenvalue weighted by Crippen LogP contribution is 2.30. The minimum absolute atomic E-state index is 0.134. The number of hydrogen-bond acceptors (Lipinski definition) is 3. The minimum Gasteiger partial charge on any atom is -0.508 e. The minimum atomic E-state index is -0.134. The summed E-state index contributed by atoms with van der Waals surface area (Å²) in [5, 5.41) is 13.0. The lowest BCUT2D eigenvalue weighted by atomic mass is 9.78. The molecule has 0 radical (unpaired) electrons. The van der Waals surface area contributed by atoms with Crippen LogP contribution >= 0.6 is 0 Å². The van der Waals surface area contributed by atoms with Crippen LogP contribution in [0.25, 0.3) is 0 Å². The van der Waals surface area contributed by atoms with Crippen LogP contribution in [0.2, 0.25) is 0 Å². The van der Waals surface area contributed by atoms with E-state index < -0.39 is 0 Å². The quantitative estimate of drug-likeness (QED) is 0.895. The lowest BCUT2D eigenvalue weighted by Gasteiger charge is -2.37. The lowest BCUT2D eigenvalue weighted by molar-refractivity contribution is -0.127. The normalized spacial score (nSPS) is 28.9. The molecule has 0 unspecified atom stereocenters. The van der Waals surface area contributed by atoms with Crippen LogP contribution in [0.1, 0.15) is 51.2 Å². The molecular weight excluding hydrogens is 300 g/mol. The number of carbonyl (C=O) groups is 1. The van der Waals surface area contributed by atoms with E-state index in [1.807, 2.05) is 19.1 Å². The zero-order valence-electron chi connectivity index (χ0n) is 15.1. The number of rotatable bonds is 3. The maximum atomic E-state index is 12.7. The topological polar surface area (TPSA) is 52.6 Å². The second-order valence-electron chi connectivity index (χ2n) is 7.73. The molecule has 1 amide bonds. The van der Waals surface area contributed by atoms with Crippen molar-refractivity contribution in [3.63, 3.8) is 0 Å². The van der Waals surface area contributed by atoms with Gasteiger partial charge in [0.1, 0.15) is 5.75 Å². The van der Waals surface area contributed by atoms with Crippen molar-refractivity contribution in [2.75, 3.05) is 6.54 Å². The van der Waals surface area contributed by atoms with E-state index in [2.05, 4.69) is 24.1 Å². The highest BCUT2D eigenvalue weighted by molar-refractivity contribution is 5.81. The van der Waals surface area contributed by atoms with Crippen molar-refractivity contribution >= 4 is 5.91 Å². The van der Waals surface area contributed by atoms with Crippen LogP contribution in [-0.4, -0.2) is 34.5 Å². The number of phenolic OH excluding ortho intramolecular Hbond substituents is 1. The van der Waals surface area contributed by atoms with Gasteiger partial charge in [0.05, 0.1) is 6.04 Å². The molecule has 1 aromatic rings. The zero-order chi connectivity index (χ0) is 17.3. The molecule has 0 saturated heterocycles. The van der Waals surface area contributed by atoms with Crippen molar-refractivity contribution in [1.82, 2.24) is 10.2 Å². The van der Waals surface area contributed by atoms with Gasteiger partial charge >= 0.3 is 0 Å². The first kappa shape index (κ1) is 17.3. The Morgan fingerprint density at radius 1 is 1.29 bits per heavy atom. The fourth-order valence-corrected chi connectivity index (χ4v) is 4.15. The van der Waals surface area contributed by atoms with Gasteiger partial charge in [-0.15, -0.1) is 0 Å². The Morgan fingerprint density at radius 3 is 2.88 bits per heavy atom. The molecule has 4 atom stereocenters. The van der Waals surface area contributed by atoms with Gasteiger partial charge in [-0.1, -0.05) is 32.8 Å². The summed E-state index contributed by atoms with van der Waals surface area (Å²) in [4.78, 5) is 15.0. The van der Waals surface area contributed by atoms with Gasteiger partial charge in [-0.2, -0.15) is 0 Å². The molecule has 3 rings (SSSR count). The van der Waals surface area contributed by atoms with Gasteiger partial charge in [-0.3, -0.25) is 9.69 Å². The van der Waals surface area contributed by atoms with Gasteiger partial charge in [0.15, 0.2) is 0 Å². The van der Waals surface area contributed by atoms with Crippen molar-refractivity contribution < 1.29 is 9.90 Å². The molecule has 2 aliphatic rings. The summed E-state index contributed by atoms with van der Waals surface area (Å²) in [7, 11) is 0. The largest absolute Gasteiger partial charge is 0.508 e. The van der Waals surface area contributed by atoms with Crippen LogP contribution < -0.4 is 5.32 Å². The van der Waals surface area contributed by atoms with Crippen LogP contribution in [0.3, 0.4) is 0 Å². The predicted molar refractivity (Wildman–Crippen MR) is 95.8 cm³/mol. The Labute approximate surface area is 145 Å². The highest BCUT2D eigenvalue weighted by atomic mass is 16.3. The number of aromatic hydroxyl groups is 1. The van der Waals surface area contributed by atoms with Crippen LogP contribution in [0.4, 0.5) is 0 Å². The average Bonchev–Trinajstić information content (AvgIpc) is 2.57. The Kier molecular flexibility index (Phi) is 5.14. The predicted octanol–water partition coefficient (Wildman–Crippen LogP) is 3.08. The van der Waals surface area contributed by atoms with Crippen LogP contribution in [0.15, 0.2) is 18.2 Å². The number of amides is 1. The molecule has 4 nitrogen and oxygen atoms in total. The molecule has 2 N–H and O–H groups in total. The standard InChI is InChI=1S/C20H30N2O2/c1-13-5-4-6-19(14(13)2)21-20(24)15(3)22-10-9-16-7-8-18(23)11-17(16)12-22/h7-8,11,13-15,19,23H,4-6,9-10,12H2,1-3H3,(H,21,24)/t13-,14+,15-,19+/m1/s1. The van der Waals surface area contributed by atoms with E-state index in [-0.39, 0.29) is 11.9 Å². The Balaban J connectivity index is 1.62. The average molecular weight is 330 g/mol. The number of hydrogen-bond donors (Lipinski definition) is 2. The third-order valence-corrected chi connectivity index (χ3v) is 6.19. The first-order valence-electron chi connectivity index (χ1n) is 9.31. The second-order valence-corrected chi connectivity index (χ2v) is 7.73. The van der Waals surface area contributed by atoms with Gasteiger partial charge in [0.25, 0.3) is 0 Å². The van der Waals surface area contributed by atoms with E-state index in [9.17, 15) is 9.90 Å². The van der Waals surface area contributed by atoms with Crippen LogP contribution in [0, 0.1) is 11.8 Å². The van der Waals surface area contributed by atoms with Crippen LogP contribution in [0.5, 0.6) is 5.75 Å². The first-order chi connectivity index (χ1) is 11.5. The summed E-state index contributed by atoms with van der Waals surface area (Å²) >= 11 is 0. The first-order valence-corrected chi connectivity index (χ1v) is 9.31. The maximum absolute atomic E-state index is 12.7. The summed E-state index contributed by atoms with van der Waals surface area (Å²) in [5.74, 6) is 1.68. The Hall–Kier alpha value is -1.55. The molecular formula is C20H30N2O2. The lowest BCUT2D eigenvalue weighted by Crippen LogP contribution is -2.52. The molecule has 132 valence electrons. The van der Waals surface area contributed by atoms with Gasteiger partial charge < -0.3 is 10.4 Å². The highest BCUT2D eigenvalue weighted by Gasteiger charge is 2.31. The Bertz CT molecular complexity index is 601. The van der Waals surface area contributed by atoms with E-state index in [0.717, 1.165) is 31.5 Å². The molecule has 1 aliphatic carbocycles. The van der Waals surface area contributed by atoms with Gasteiger partial charge in [0, 0.05) is 19.1 Å². The number of fused-ring (bicyclic) bond motifs is 1. The maximum Gasteiger partial charge on any atom is 0.237 e. The number of nitrogens with one attached hydrogen (secondary N) is 1. The summed E-state index contributed by atoms with van der Waals surface area (Å²) in [6, 6.07) is 5.75. The number of phenols is 1. The molecule has 24 heavy (non-hydrogen) atoms. The van der Waals surface area contributed by atoms with Crippen molar-refractivity contribution in [3.05, 3.63) is 29.3 Å². The second kappa shape index (κ2) is 7.14. The SMILES string of the molecule is C[C@H]1[C@H](C)CCC[C@@H]1NC(=O)[C@@H](C)N1CCc2ccc(O)cc2C1. The molecule has 0 aromatic heterocycles. The van der Waals surface area contributed by atoms with Crippen molar-refractivity contribution in [1.29, 1.82) is 0 Å². The fraction of sp³-hybridized carbons (Fsp3) is 0.650. The monoisotopic (exact) mass is 330 g/mol. The number of nitrogens with zero attached hydrogens (tertiary/aromatic N) is 1. The zero-order valence-corrected chi connectivity index (χ0v) is 15.1. The van der Waals surface area contributed by atoms with Crippen molar-refractivity contribution in [2.45, 2.75) is 65.1 Å². The molecule has 0 spiro atoms. The van der Waals surface area contributed by atoms with Gasteiger partial charge in [-0.05, 0) is 54.9 Å². The smallest absolute Gasteiger partial charge is 0.237 e. The molecule has 1 aromatic carbocycles. The van der Waals surface area contributed by atoms with Crippen molar-refractivity contribution in [3.8, 4) is 5.75 Å². The van der Waals surface area contributed by atoms with Crippen LogP contribution in [-0.2, 0) is 17.8 Å². The summed E-state index contributed by atoms with van der Waals surface area (Å²) < 4.78 is 0. The number of benzene rings is 1. The summed E-state index contributed by atoms with van der Waals surface area (Å²) in [5.41, 5.74) is 2.42. The van der Waals surface area contributed by atoms with E-state index in [1.165, 1.54) is 18.4 Å². The third kappa shape index (κ3) is 3.59. The van der Waals surface area contributed by atoms with E-state index >= 15 is 0 Å². The number of carbonyl (C=O) groups excluding carboxylic acids is 1. The molecule has 1 fully saturated rings. The molecule has 1 saturated carbocycles.